The maximum absolute atomic E-state index is 5.81. The molecule has 0 amide bonds. The Labute approximate surface area is 82.3 Å². The molecule has 1 atom stereocenters. The van der Waals surface area contributed by atoms with E-state index < -0.39 is 0 Å². The summed E-state index contributed by atoms with van der Waals surface area (Å²) in [5, 5.41) is 3.57. The van der Waals surface area contributed by atoms with Gasteiger partial charge in [0.1, 0.15) is 0 Å². The Morgan fingerprint density at radius 3 is 2.54 bits per heavy atom. The highest BCUT2D eigenvalue weighted by Gasteiger charge is 2.28. The molecule has 2 heteroatoms. The molecule has 0 aliphatic heterocycles. The molecule has 0 radical (unpaired) electrons. The van der Waals surface area contributed by atoms with Crippen LogP contribution < -0.4 is 11.1 Å². The molecule has 1 rings (SSSR count). The molecule has 0 aromatic rings. The Kier molecular flexibility index (Phi) is 4.20. The van der Waals surface area contributed by atoms with Crippen molar-refractivity contribution in [1.29, 1.82) is 0 Å². The number of hydrogen-bond acceptors (Lipinski definition) is 2. The Morgan fingerprint density at radius 1 is 1.46 bits per heavy atom. The average molecular weight is 184 g/mol. The summed E-state index contributed by atoms with van der Waals surface area (Å²) in [6.45, 7) is 6.33. The van der Waals surface area contributed by atoms with E-state index in [1.165, 1.54) is 32.1 Å². The summed E-state index contributed by atoms with van der Waals surface area (Å²) < 4.78 is 0. The number of nitrogens with two attached hydrogens (primary N) is 1. The van der Waals surface area contributed by atoms with E-state index in [0.717, 1.165) is 19.0 Å². The fourth-order valence-corrected chi connectivity index (χ4v) is 1.99. The second kappa shape index (κ2) is 4.97. The van der Waals surface area contributed by atoms with Gasteiger partial charge in [0.15, 0.2) is 0 Å². The van der Waals surface area contributed by atoms with Crippen LogP contribution in [0.25, 0.3) is 0 Å². The van der Waals surface area contributed by atoms with Crippen molar-refractivity contribution in [3.05, 3.63) is 0 Å². The molecule has 0 bridgehead atoms. The SMILES string of the molecule is CCCNC(C)(CN)CC1CCC1. The van der Waals surface area contributed by atoms with Gasteiger partial charge in [-0.15, -0.1) is 0 Å². The van der Waals surface area contributed by atoms with E-state index in [0.29, 0.717) is 0 Å². The van der Waals surface area contributed by atoms with Gasteiger partial charge in [-0.05, 0) is 32.2 Å². The van der Waals surface area contributed by atoms with Crippen molar-refractivity contribution < 1.29 is 0 Å². The zero-order valence-corrected chi connectivity index (χ0v) is 9.10. The van der Waals surface area contributed by atoms with Gasteiger partial charge in [0.25, 0.3) is 0 Å². The smallest absolute Gasteiger partial charge is 0.0278 e. The van der Waals surface area contributed by atoms with Crippen molar-refractivity contribution in [3.8, 4) is 0 Å². The predicted octanol–water partition coefficient (Wildman–Crippen LogP) is 1.89. The minimum atomic E-state index is 0.196. The zero-order valence-electron chi connectivity index (χ0n) is 9.10. The molecular formula is C11H24N2. The summed E-state index contributed by atoms with van der Waals surface area (Å²) in [5.74, 6) is 0.943. The van der Waals surface area contributed by atoms with Crippen LogP contribution in [0.15, 0.2) is 0 Å². The molecule has 1 aliphatic carbocycles. The molecule has 1 unspecified atom stereocenters. The monoisotopic (exact) mass is 184 g/mol. The molecule has 1 saturated carbocycles. The van der Waals surface area contributed by atoms with Gasteiger partial charge in [0.2, 0.25) is 0 Å². The molecule has 0 heterocycles. The Balaban J connectivity index is 2.28. The first-order chi connectivity index (χ1) is 6.20. The second-order valence-electron chi connectivity index (χ2n) is 4.69. The minimum absolute atomic E-state index is 0.196. The third kappa shape index (κ3) is 3.28. The highest BCUT2D eigenvalue weighted by Crippen LogP contribution is 2.33. The molecule has 0 saturated heterocycles. The van der Waals surface area contributed by atoms with Crippen molar-refractivity contribution >= 4 is 0 Å². The Hall–Kier alpha value is -0.0800. The van der Waals surface area contributed by atoms with E-state index in [9.17, 15) is 0 Å². The molecule has 3 N–H and O–H groups in total. The predicted molar refractivity (Wildman–Crippen MR) is 57.7 cm³/mol. The van der Waals surface area contributed by atoms with Crippen LogP contribution in [0.4, 0.5) is 0 Å². The molecule has 1 fully saturated rings. The van der Waals surface area contributed by atoms with E-state index in [2.05, 4.69) is 19.2 Å². The first kappa shape index (κ1) is 11.0. The van der Waals surface area contributed by atoms with Crippen LogP contribution >= 0.6 is 0 Å². The Morgan fingerprint density at radius 2 is 2.15 bits per heavy atom. The largest absolute Gasteiger partial charge is 0.329 e. The summed E-state index contributed by atoms with van der Waals surface area (Å²) in [5.41, 5.74) is 6.01. The van der Waals surface area contributed by atoms with Gasteiger partial charge in [-0.1, -0.05) is 26.2 Å². The van der Waals surface area contributed by atoms with E-state index in [-0.39, 0.29) is 5.54 Å². The highest BCUT2D eigenvalue weighted by atomic mass is 15.0. The van der Waals surface area contributed by atoms with E-state index in [1.54, 1.807) is 0 Å². The normalized spacial score (nSPS) is 22.4. The van der Waals surface area contributed by atoms with Crippen molar-refractivity contribution in [2.45, 2.75) is 51.5 Å². The van der Waals surface area contributed by atoms with Gasteiger partial charge in [0, 0.05) is 12.1 Å². The van der Waals surface area contributed by atoms with E-state index in [4.69, 9.17) is 5.73 Å². The lowest BCUT2D eigenvalue weighted by atomic mass is 9.76. The maximum atomic E-state index is 5.81. The number of nitrogens with one attached hydrogen (secondary N) is 1. The average Bonchev–Trinajstić information content (AvgIpc) is 2.08. The molecular weight excluding hydrogens is 160 g/mol. The minimum Gasteiger partial charge on any atom is -0.329 e. The van der Waals surface area contributed by atoms with E-state index in [1.807, 2.05) is 0 Å². The molecule has 13 heavy (non-hydrogen) atoms. The number of hydrogen-bond donors (Lipinski definition) is 2. The molecule has 2 nitrogen and oxygen atoms in total. The molecule has 0 aromatic heterocycles. The summed E-state index contributed by atoms with van der Waals surface area (Å²) in [4.78, 5) is 0. The van der Waals surface area contributed by atoms with E-state index >= 15 is 0 Å². The van der Waals surface area contributed by atoms with Gasteiger partial charge < -0.3 is 11.1 Å². The maximum Gasteiger partial charge on any atom is 0.0278 e. The first-order valence-electron chi connectivity index (χ1n) is 5.65. The molecule has 0 spiro atoms. The van der Waals surface area contributed by atoms with Crippen LogP contribution in [0.2, 0.25) is 0 Å². The van der Waals surface area contributed by atoms with Crippen LogP contribution in [-0.4, -0.2) is 18.6 Å². The third-order valence-corrected chi connectivity index (χ3v) is 3.22. The highest BCUT2D eigenvalue weighted by molar-refractivity contribution is 4.88. The fraction of sp³-hybridized carbons (Fsp3) is 1.00. The van der Waals surface area contributed by atoms with Crippen LogP contribution in [0.5, 0.6) is 0 Å². The Bertz CT molecular complexity index is 143. The lowest BCUT2D eigenvalue weighted by Gasteiger charge is -2.37. The van der Waals surface area contributed by atoms with Gasteiger partial charge in [-0.3, -0.25) is 0 Å². The zero-order chi connectivity index (χ0) is 9.73. The quantitative estimate of drug-likeness (QED) is 0.661. The number of rotatable bonds is 6. The van der Waals surface area contributed by atoms with Crippen LogP contribution in [0.3, 0.4) is 0 Å². The topological polar surface area (TPSA) is 38.0 Å². The molecule has 1 aliphatic rings. The lowest BCUT2D eigenvalue weighted by molar-refractivity contribution is 0.208. The third-order valence-electron chi connectivity index (χ3n) is 3.22. The fourth-order valence-electron chi connectivity index (χ4n) is 1.99. The van der Waals surface area contributed by atoms with Crippen molar-refractivity contribution in [3.63, 3.8) is 0 Å². The first-order valence-corrected chi connectivity index (χ1v) is 5.65. The van der Waals surface area contributed by atoms with Gasteiger partial charge in [-0.25, -0.2) is 0 Å². The van der Waals surface area contributed by atoms with Crippen molar-refractivity contribution in [2.75, 3.05) is 13.1 Å². The van der Waals surface area contributed by atoms with Crippen LogP contribution in [-0.2, 0) is 0 Å². The van der Waals surface area contributed by atoms with Crippen molar-refractivity contribution in [2.24, 2.45) is 11.7 Å². The summed E-state index contributed by atoms with van der Waals surface area (Å²) in [6, 6.07) is 0. The summed E-state index contributed by atoms with van der Waals surface area (Å²) in [6.07, 6.45) is 6.73. The van der Waals surface area contributed by atoms with Crippen LogP contribution in [0, 0.1) is 5.92 Å². The standard InChI is InChI=1S/C11H24N2/c1-3-7-13-11(2,9-12)8-10-5-4-6-10/h10,13H,3-9,12H2,1-2H3. The van der Waals surface area contributed by atoms with Gasteiger partial charge in [-0.2, -0.15) is 0 Å². The second-order valence-corrected chi connectivity index (χ2v) is 4.69. The molecule has 0 aromatic carbocycles. The van der Waals surface area contributed by atoms with Crippen LogP contribution in [0.1, 0.15) is 46.0 Å². The summed E-state index contributed by atoms with van der Waals surface area (Å²) >= 11 is 0. The van der Waals surface area contributed by atoms with Gasteiger partial charge >= 0.3 is 0 Å². The van der Waals surface area contributed by atoms with Crippen molar-refractivity contribution in [1.82, 2.24) is 5.32 Å². The lowest BCUT2D eigenvalue weighted by Crippen LogP contribution is -2.50. The summed E-state index contributed by atoms with van der Waals surface area (Å²) in [7, 11) is 0. The molecule has 78 valence electrons. The van der Waals surface area contributed by atoms with Gasteiger partial charge in [0.05, 0.1) is 0 Å².